The van der Waals surface area contributed by atoms with Crippen LogP contribution in [0.5, 0.6) is 138 Å². The summed E-state index contributed by atoms with van der Waals surface area (Å²) in [6.07, 6.45) is 0. The van der Waals surface area contributed by atoms with E-state index < -0.39 is 179 Å². The molecule has 0 amide bonds. The molecular formula is C102H66O34. The van der Waals surface area contributed by atoms with Gasteiger partial charge in [-0.15, -0.1) is 0 Å². The van der Waals surface area contributed by atoms with Gasteiger partial charge in [0, 0.05) is 33.4 Å². The Kier molecular flexibility index (Phi) is 23.5. The molecule has 3 aliphatic heterocycles. The van der Waals surface area contributed by atoms with Crippen LogP contribution in [-0.2, 0) is 24.0 Å². The first-order valence-corrected chi connectivity index (χ1v) is 40.4. The Bertz CT molecular complexity index is 7160. The lowest BCUT2D eigenvalue weighted by Crippen LogP contribution is -2.36. The summed E-state index contributed by atoms with van der Waals surface area (Å²) in [4.78, 5) is 105. The number of hydrogen-bond acceptors (Lipinski definition) is 32. The molecule has 3 heterocycles. The molecule has 15 aromatic rings. The summed E-state index contributed by atoms with van der Waals surface area (Å²) in [5, 5.41) is 130. The molecule has 678 valence electrons. The van der Waals surface area contributed by atoms with Crippen molar-refractivity contribution in [1.82, 2.24) is 0 Å². The number of carboxylic acids is 2. The minimum absolute atomic E-state index is 0.0103. The number of carbonyl (C=O) groups excluding carboxylic acids is 6. The van der Waals surface area contributed by atoms with Crippen LogP contribution in [0.4, 0.5) is 0 Å². The summed E-state index contributed by atoms with van der Waals surface area (Å²) in [6, 6.07) is 79.7. The third-order valence-corrected chi connectivity index (χ3v) is 21.1. The predicted octanol–water partition coefficient (Wildman–Crippen LogP) is 16.4. The largest absolute Gasteiger partial charge is 0.504 e. The molecule has 0 radical (unpaired) electrons. The number of aromatic hydroxyl groups is 11. The standard InChI is InChI=1S/C67H44O13.C35H22O21/c68-62(69)44-36-54(60-56(37-44)75-66(79-60,49-28-14-4-15-29-49)50-30-16-5-17-31-50)73-64(71)46-39-55(61-58(41-46)77-67(80-61,51-32-18-6-19-33-51)52-34-20-7-21-35-52)74-63(70)45-38-53(72-42-43-22-8-1-9-23-43)59-57(40-45)76-65(78-59,47-24-10-2-11-25-47)48-26-12-3-13-27-48;36-16-2-12(3-17(37)26(16)42)32(49)54-23-8-14(5-19(39)28(23)44)34(51)56-25-10-15(6-21(41)30(25)46)35(52)55-24-9-13(4-20(40)29(24)45)33(50)53-22-7-11(31(47)48)1-18(38)27(22)43/h1-41H,42H2,(H,68,69);1-10,36-46H,(H,47,48). The monoisotopic (exact) mass is 1830 g/mol. The fourth-order valence-corrected chi connectivity index (χ4v) is 14.6. The van der Waals surface area contributed by atoms with Gasteiger partial charge in [0.05, 0.1) is 44.5 Å². The minimum Gasteiger partial charge on any atom is -0.504 e. The fraction of sp³-hybridized carbons (Fsp3) is 0.0392. The highest BCUT2D eigenvalue weighted by molar-refractivity contribution is 6.00. The van der Waals surface area contributed by atoms with E-state index in [4.69, 9.17) is 66.7 Å². The second-order valence-corrected chi connectivity index (χ2v) is 30.0. The van der Waals surface area contributed by atoms with E-state index in [0.29, 0.717) is 94.0 Å². The number of fused-ring (bicyclic) bond motifs is 3. The van der Waals surface area contributed by atoms with Crippen LogP contribution in [-0.4, -0.2) is 114 Å². The molecule has 15 aromatic carbocycles. The van der Waals surface area contributed by atoms with Gasteiger partial charge in [-0.2, -0.15) is 0 Å². The van der Waals surface area contributed by atoms with Crippen LogP contribution in [0.25, 0.3) is 0 Å². The number of esters is 6. The Morgan fingerprint density at radius 3 is 0.706 bits per heavy atom. The Hall–Kier alpha value is -19.5. The normalized spacial score (nSPS) is 12.9. The maximum Gasteiger partial charge on any atom is 0.343 e. The Morgan fingerprint density at radius 1 is 0.221 bits per heavy atom. The number of phenolic OH excluding ortho intramolecular Hbond substituents is 11. The summed E-state index contributed by atoms with van der Waals surface area (Å²) in [6.45, 7) is 0.109. The van der Waals surface area contributed by atoms with Crippen molar-refractivity contribution in [2.75, 3.05) is 0 Å². The number of aromatic carboxylic acids is 2. The second-order valence-electron chi connectivity index (χ2n) is 30.0. The Balaban J connectivity index is 0.000000202. The summed E-state index contributed by atoms with van der Waals surface area (Å²) in [7, 11) is 0. The highest BCUT2D eigenvalue weighted by Gasteiger charge is 2.51. The molecule has 0 spiro atoms. The molecule has 0 aliphatic carbocycles. The van der Waals surface area contributed by atoms with Gasteiger partial charge >= 0.3 is 65.1 Å². The third kappa shape index (κ3) is 17.3. The number of benzene rings is 15. The molecule has 3 aliphatic rings. The number of carboxylic acid groups (broad SMARTS) is 2. The quantitative estimate of drug-likeness (QED) is 0.0161. The highest BCUT2D eigenvalue weighted by Crippen LogP contribution is 2.58. The van der Waals surface area contributed by atoms with E-state index in [1.165, 1.54) is 36.4 Å². The smallest absolute Gasteiger partial charge is 0.343 e. The lowest BCUT2D eigenvalue weighted by atomic mass is 9.97. The number of carbonyl (C=O) groups is 8. The number of rotatable bonds is 23. The summed E-state index contributed by atoms with van der Waals surface area (Å²) >= 11 is 0. The highest BCUT2D eigenvalue weighted by atomic mass is 16.8. The summed E-state index contributed by atoms with van der Waals surface area (Å²) < 4.78 is 79.6. The van der Waals surface area contributed by atoms with Crippen molar-refractivity contribution in [3.63, 3.8) is 0 Å². The first kappa shape index (κ1) is 88.5. The first-order valence-electron chi connectivity index (χ1n) is 40.4. The van der Waals surface area contributed by atoms with Crippen molar-refractivity contribution >= 4 is 47.8 Å². The maximum absolute atomic E-state index is 15.1. The fourth-order valence-electron chi connectivity index (χ4n) is 14.6. The van der Waals surface area contributed by atoms with Crippen molar-refractivity contribution in [2.24, 2.45) is 0 Å². The van der Waals surface area contributed by atoms with Crippen LogP contribution in [0.15, 0.2) is 309 Å². The molecule has 0 unspecified atom stereocenters. The molecule has 0 bridgehead atoms. The molecule has 34 nitrogen and oxygen atoms in total. The van der Waals surface area contributed by atoms with E-state index in [1.54, 1.807) is 0 Å². The second kappa shape index (κ2) is 36.2. The van der Waals surface area contributed by atoms with Crippen LogP contribution >= 0.6 is 0 Å². The zero-order valence-electron chi connectivity index (χ0n) is 69.5. The van der Waals surface area contributed by atoms with Gasteiger partial charge in [0.25, 0.3) is 0 Å². The van der Waals surface area contributed by atoms with Gasteiger partial charge in [-0.05, 0) is 103 Å². The summed E-state index contributed by atoms with van der Waals surface area (Å²) in [5.41, 5.74) is 0.885. The van der Waals surface area contributed by atoms with E-state index in [2.05, 4.69) is 0 Å². The topological polar surface area (TPSA) is 520 Å². The SMILES string of the molecule is O=C(O)c1cc(O)c(O)c(OC(=O)c2cc(O)c(O)c(OC(=O)c3cc(O)c(O)c(OC(=O)c4cc(O)c(O)c(OC(=O)c5cc(O)c(O)c(O)c5)c4)c3)c2)c1.O=C(O)c1cc(OC(=O)c2cc(OC(=O)c3cc(OCc4ccccc4)c4c(c3)OC(c3ccccc3)(c3ccccc3)O4)c3c(c2)OC(c2ccccc2)(c2ccccc2)O3)c2c(c1)OC(c1ccccc1)(c1ccccc1)O2. The Labute approximate surface area is 765 Å². The first-order chi connectivity index (χ1) is 65.4. The van der Waals surface area contributed by atoms with E-state index in [9.17, 15) is 94.8 Å². The van der Waals surface area contributed by atoms with Crippen LogP contribution in [0.3, 0.4) is 0 Å². The van der Waals surface area contributed by atoms with Gasteiger partial charge in [0.1, 0.15) is 6.61 Å². The van der Waals surface area contributed by atoms with Crippen molar-refractivity contribution in [3.8, 4) is 138 Å². The molecular weight excluding hydrogens is 1770 g/mol. The molecule has 34 heteroatoms. The molecule has 0 aromatic heterocycles. The van der Waals surface area contributed by atoms with E-state index in [-0.39, 0.29) is 75.0 Å². The van der Waals surface area contributed by atoms with Crippen molar-refractivity contribution in [1.29, 1.82) is 0 Å². The van der Waals surface area contributed by atoms with Crippen molar-refractivity contribution in [3.05, 3.63) is 393 Å². The van der Waals surface area contributed by atoms with Crippen LogP contribution in [0, 0.1) is 0 Å². The molecule has 0 fully saturated rings. The molecule has 0 saturated heterocycles. The molecule has 136 heavy (non-hydrogen) atoms. The average Bonchev–Trinajstić information content (AvgIpc) is 1.59. The van der Waals surface area contributed by atoms with Crippen LogP contribution < -0.4 is 61.6 Å². The van der Waals surface area contributed by atoms with Crippen molar-refractivity contribution < 1.29 is 166 Å². The predicted molar refractivity (Wildman–Crippen MR) is 469 cm³/mol. The molecule has 0 atom stereocenters. The van der Waals surface area contributed by atoms with E-state index >= 15 is 4.79 Å². The lowest BCUT2D eigenvalue weighted by Gasteiger charge is -2.28. The molecule has 18 rings (SSSR count). The van der Waals surface area contributed by atoms with Crippen molar-refractivity contribution in [2.45, 2.75) is 24.0 Å². The lowest BCUT2D eigenvalue weighted by molar-refractivity contribution is -0.0471. The van der Waals surface area contributed by atoms with Gasteiger partial charge in [0.15, 0.2) is 97.7 Å². The van der Waals surface area contributed by atoms with Gasteiger partial charge in [0.2, 0.25) is 40.2 Å². The third-order valence-electron chi connectivity index (χ3n) is 21.1. The maximum atomic E-state index is 15.1. The van der Waals surface area contributed by atoms with Crippen LogP contribution in [0.1, 0.15) is 122 Å². The zero-order valence-corrected chi connectivity index (χ0v) is 69.5. The minimum atomic E-state index is -1.65. The zero-order chi connectivity index (χ0) is 95.6. The van der Waals surface area contributed by atoms with Gasteiger partial charge in [-0.25, -0.2) is 38.4 Å². The number of hydrogen-bond donors (Lipinski definition) is 13. The van der Waals surface area contributed by atoms with Gasteiger partial charge in [-0.1, -0.05) is 212 Å². The van der Waals surface area contributed by atoms with E-state index in [1.807, 2.05) is 212 Å². The molecule has 0 saturated carbocycles. The van der Waals surface area contributed by atoms with Gasteiger partial charge in [-0.3, -0.25) is 0 Å². The molecule has 13 N–H and O–H groups in total. The summed E-state index contributed by atoms with van der Waals surface area (Å²) in [5.74, 6) is -30.2. The number of phenols is 11. The van der Waals surface area contributed by atoms with Crippen LogP contribution in [0.2, 0.25) is 0 Å². The Morgan fingerprint density at radius 2 is 0.419 bits per heavy atom. The number of ether oxygens (including phenoxy) is 13. The van der Waals surface area contributed by atoms with Gasteiger partial charge < -0.3 is 128 Å². The average molecular weight is 1840 g/mol. The van der Waals surface area contributed by atoms with E-state index in [0.717, 1.165) is 5.56 Å².